The molecule has 0 aliphatic heterocycles. The second-order valence-corrected chi connectivity index (χ2v) is 6.79. The van der Waals surface area contributed by atoms with Crippen LogP contribution in [0.15, 0.2) is 47.6 Å². The van der Waals surface area contributed by atoms with Crippen LogP contribution in [0.4, 0.5) is 8.78 Å². The Balaban J connectivity index is 1.86. The van der Waals surface area contributed by atoms with Gasteiger partial charge in [0.1, 0.15) is 22.2 Å². The van der Waals surface area contributed by atoms with E-state index in [1.54, 1.807) is 16.8 Å². The van der Waals surface area contributed by atoms with Gasteiger partial charge >= 0.3 is 0 Å². The van der Waals surface area contributed by atoms with E-state index in [4.69, 9.17) is 0 Å². The van der Waals surface area contributed by atoms with Crippen molar-refractivity contribution in [3.05, 3.63) is 65.6 Å². The number of rotatable bonds is 4. The van der Waals surface area contributed by atoms with Crippen molar-refractivity contribution < 1.29 is 17.2 Å². The van der Waals surface area contributed by atoms with Gasteiger partial charge in [0.15, 0.2) is 0 Å². The number of hydrogen-bond acceptors (Lipinski definition) is 3. The van der Waals surface area contributed by atoms with E-state index < -0.39 is 26.6 Å². The van der Waals surface area contributed by atoms with Crippen LogP contribution in [0.2, 0.25) is 0 Å². The van der Waals surface area contributed by atoms with Crippen molar-refractivity contribution in [2.45, 2.75) is 18.4 Å². The molecule has 0 saturated carbocycles. The monoisotopic (exact) mass is 337 g/mol. The molecule has 0 atom stereocenters. The Hall–Kier alpha value is -2.32. The summed E-state index contributed by atoms with van der Waals surface area (Å²) in [6, 6.07) is 6.02. The zero-order valence-corrected chi connectivity index (χ0v) is 12.9. The highest BCUT2D eigenvalue weighted by Gasteiger charge is 2.20. The van der Waals surface area contributed by atoms with Gasteiger partial charge in [-0.25, -0.2) is 26.9 Å². The summed E-state index contributed by atoms with van der Waals surface area (Å²) >= 11 is 0. The molecule has 0 bridgehead atoms. The smallest absolute Gasteiger partial charge is 0.243 e. The van der Waals surface area contributed by atoms with E-state index in [0.29, 0.717) is 17.4 Å². The first-order chi connectivity index (χ1) is 10.9. The van der Waals surface area contributed by atoms with Crippen LogP contribution >= 0.6 is 0 Å². The second kappa shape index (κ2) is 5.71. The molecule has 0 spiro atoms. The van der Waals surface area contributed by atoms with Crippen LogP contribution in [0, 0.1) is 18.6 Å². The van der Waals surface area contributed by atoms with Crippen LogP contribution in [-0.4, -0.2) is 17.8 Å². The molecule has 2 aromatic heterocycles. The molecule has 0 saturated heterocycles. The third kappa shape index (κ3) is 3.08. The Morgan fingerprint density at radius 2 is 2.04 bits per heavy atom. The van der Waals surface area contributed by atoms with Gasteiger partial charge in [0.05, 0.1) is 12.2 Å². The quantitative estimate of drug-likeness (QED) is 0.795. The number of nitrogens with one attached hydrogen (secondary N) is 1. The summed E-state index contributed by atoms with van der Waals surface area (Å²) in [4.78, 5) is 3.59. The number of fused-ring (bicyclic) bond motifs is 1. The summed E-state index contributed by atoms with van der Waals surface area (Å²) < 4.78 is 55.0. The van der Waals surface area contributed by atoms with Crippen molar-refractivity contribution in [1.29, 1.82) is 0 Å². The first-order valence-electron chi connectivity index (χ1n) is 6.75. The highest BCUT2D eigenvalue weighted by molar-refractivity contribution is 7.89. The summed E-state index contributed by atoms with van der Waals surface area (Å²) in [5.41, 5.74) is 2.12. The zero-order chi connectivity index (χ0) is 16.6. The fourth-order valence-corrected chi connectivity index (χ4v) is 3.31. The number of pyridine rings is 1. The Kier molecular flexibility index (Phi) is 3.87. The van der Waals surface area contributed by atoms with Gasteiger partial charge in [0.2, 0.25) is 10.0 Å². The minimum Gasteiger partial charge on any atom is -0.307 e. The first kappa shape index (κ1) is 15.6. The van der Waals surface area contributed by atoms with E-state index in [1.165, 1.54) is 0 Å². The molecule has 0 unspecified atom stereocenters. The molecule has 5 nitrogen and oxygen atoms in total. The van der Waals surface area contributed by atoms with Gasteiger partial charge in [0.25, 0.3) is 0 Å². The van der Waals surface area contributed by atoms with Gasteiger partial charge in [-0.3, -0.25) is 0 Å². The number of aryl methyl sites for hydroxylation is 1. The highest BCUT2D eigenvalue weighted by atomic mass is 32.2. The summed E-state index contributed by atoms with van der Waals surface area (Å²) in [6.45, 7) is 1.76. The number of nitrogens with zero attached hydrogens (tertiary/aromatic N) is 2. The maximum Gasteiger partial charge on any atom is 0.243 e. The lowest BCUT2D eigenvalue weighted by Crippen LogP contribution is -2.24. The van der Waals surface area contributed by atoms with Crippen molar-refractivity contribution in [3.8, 4) is 0 Å². The van der Waals surface area contributed by atoms with Crippen molar-refractivity contribution in [3.63, 3.8) is 0 Å². The minimum absolute atomic E-state index is 0.126. The van der Waals surface area contributed by atoms with Crippen molar-refractivity contribution in [2.75, 3.05) is 0 Å². The topological polar surface area (TPSA) is 63.5 Å². The first-order valence-corrected chi connectivity index (χ1v) is 8.23. The molecule has 1 N–H and O–H groups in total. The summed E-state index contributed by atoms with van der Waals surface area (Å²) in [6.07, 6.45) is 3.46. The van der Waals surface area contributed by atoms with Crippen LogP contribution in [0.5, 0.6) is 0 Å². The van der Waals surface area contributed by atoms with Crippen molar-refractivity contribution in [2.24, 2.45) is 0 Å². The summed E-state index contributed by atoms with van der Waals surface area (Å²) in [5.74, 6) is -1.83. The maximum atomic E-state index is 13.6. The SMILES string of the molecule is Cc1cccn2cc(CNS(=O)(=O)c3cc(F)ccc3F)nc12. The number of benzene rings is 1. The molecule has 1 aromatic carbocycles. The molecule has 0 amide bonds. The second-order valence-electron chi connectivity index (χ2n) is 5.05. The number of imidazole rings is 1. The lowest BCUT2D eigenvalue weighted by Gasteiger charge is -2.06. The van der Waals surface area contributed by atoms with E-state index in [2.05, 4.69) is 9.71 Å². The van der Waals surface area contributed by atoms with E-state index in [1.807, 2.05) is 19.1 Å². The lowest BCUT2D eigenvalue weighted by molar-refractivity contribution is 0.545. The molecule has 23 heavy (non-hydrogen) atoms. The zero-order valence-electron chi connectivity index (χ0n) is 12.1. The largest absolute Gasteiger partial charge is 0.307 e. The van der Waals surface area contributed by atoms with Crippen LogP contribution in [0.3, 0.4) is 0 Å². The van der Waals surface area contributed by atoms with E-state index >= 15 is 0 Å². The third-order valence-electron chi connectivity index (χ3n) is 3.35. The van der Waals surface area contributed by atoms with Gasteiger partial charge in [0, 0.05) is 12.4 Å². The average molecular weight is 337 g/mol. The van der Waals surface area contributed by atoms with Crippen molar-refractivity contribution in [1.82, 2.24) is 14.1 Å². The predicted molar refractivity (Wildman–Crippen MR) is 80.3 cm³/mol. The highest BCUT2D eigenvalue weighted by Crippen LogP contribution is 2.16. The molecule has 0 radical (unpaired) electrons. The minimum atomic E-state index is -4.17. The van der Waals surface area contributed by atoms with E-state index in [-0.39, 0.29) is 6.54 Å². The van der Waals surface area contributed by atoms with Crippen LogP contribution in [0.25, 0.3) is 5.65 Å². The Morgan fingerprint density at radius 3 is 2.78 bits per heavy atom. The maximum absolute atomic E-state index is 13.6. The van der Waals surface area contributed by atoms with Crippen molar-refractivity contribution >= 4 is 15.7 Å². The molecule has 3 rings (SSSR count). The average Bonchev–Trinajstić information content (AvgIpc) is 2.92. The Bertz CT molecular complexity index is 984. The number of sulfonamides is 1. The normalized spacial score (nSPS) is 12.0. The fourth-order valence-electron chi connectivity index (χ4n) is 2.22. The standard InChI is InChI=1S/C15H13F2N3O2S/c1-10-3-2-6-20-9-12(19-15(10)20)8-18-23(21,22)14-7-11(16)4-5-13(14)17/h2-7,9,18H,8H2,1H3. The fraction of sp³-hybridized carbons (Fsp3) is 0.133. The van der Waals surface area contributed by atoms with Gasteiger partial charge in [-0.15, -0.1) is 0 Å². The molecule has 2 heterocycles. The molecular weight excluding hydrogens is 324 g/mol. The van der Waals surface area contributed by atoms with E-state index in [9.17, 15) is 17.2 Å². The summed E-state index contributed by atoms with van der Waals surface area (Å²) in [5, 5.41) is 0. The molecule has 3 aromatic rings. The number of aromatic nitrogens is 2. The van der Waals surface area contributed by atoms with E-state index in [0.717, 1.165) is 17.7 Å². The Labute approximate surface area is 131 Å². The van der Waals surface area contributed by atoms with Crippen LogP contribution < -0.4 is 4.72 Å². The molecule has 120 valence electrons. The van der Waals surface area contributed by atoms with Crippen LogP contribution in [-0.2, 0) is 16.6 Å². The Morgan fingerprint density at radius 1 is 1.26 bits per heavy atom. The molecule has 8 heteroatoms. The van der Waals surface area contributed by atoms with Gasteiger partial charge in [-0.05, 0) is 36.8 Å². The molecular formula is C15H13F2N3O2S. The van der Waals surface area contributed by atoms with Crippen LogP contribution in [0.1, 0.15) is 11.3 Å². The van der Waals surface area contributed by atoms with Gasteiger partial charge < -0.3 is 4.40 Å². The predicted octanol–water partition coefficient (Wildman–Crippen LogP) is 2.40. The molecule has 0 aliphatic carbocycles. The summed E-state index contributed by atoms with van der Waals surface area (Å²) in [7, 11) is -4.17. The number of hydrogen-bond donors (Lipinski definition) is 1. The molecule has 0 aliphatic rings. The lowest BCUT2D eigenvalue weighted by atomic mass is 10.3. The molecule has 0 fully saturated rings. The third-order valence-corrected chi connectivity index (χ3v) is 4.77. The van der Waals surface area contributed by atoms with Gasteiger partial charge in [-0.2, -0.15) is 0 Å². The van der Waals surface area contributed by atoms with Gasteiger partial charge in [-0.1, -0.05) is 6.07 Å². The number of halogens is 2.